The lowest BCUT2D eigenvalue weighted by Gasteiger charge is -2.08. The summed E-state index contributed by atoms with van der Waals surface area (Å²) in [5, 5.41) is 37.8. The highest BCUT2D eigenvalue weighted by Crippen LogP contribution is 2.19. The molecule has 9 nitrogen and oxygen atoms in total. The van der Waals surface area contributed by atoms with Crippen molar-refractivity contribution in [3.63, 3.8) is 0 Å². The van der Waals surface area contributed by atoms with Crippen LogP contribution in [0.15, 0.2) is 23.2 Å². The van der Waals surface area contributed by atoms with E-state index in [-0.39, 0.29) is 22.8 Å². The molecule has 0 spiro atoms. The predicted octanol–water partition coefficient (Wildman–Crippen LogP) is 1.68. The molecular formula is C16H17N6O3-. The highest BCUT2D eigenvalue weighted by atomic mass is 16.6. The van der Waals surface area contributed by atoms with E-state index >= 15 is 0 Å². The molecule has 0 unspecified atom stereocenters. The van der Waals surface area contributed by atoms with E-state index in [1.165, 1.54) is 24.4 Å². The minimum absolute atomic E-state index is 0.131. The van der Waals surface area contributed by atoms with Crippen molar-refractivity contribution >= 4 is 17.7 Å². The van der Waals surface area contributed by atoms with Crippen LogP contribution in [0.5, 0.6) is 5.75 Å². The van der Waals surface area contributed by atoms with Crippen LogP contribution in [0, 0.1) is 21.4 Å². The van der Waals surface area contributed by atoms with Crippen LogP contribution < -0.4 is 10.8 Å². The molecule has 0 bridgehead atoms. The summed E-state index contributed by atoms with van der Waals surface area (Å²) < 4.78 is 0. The predicted molar refractivity (Wildman–Crippen MR) is 90.3 cm³/mol. The van der Waals surface area contributed by atoms with E-state index in [2.05, 4.69) is 15.2 Å². The molecule has 9 heteroatoms. The summed E-state index contributed by atoms with van der Waals surface area (Å²) in [7, 11) is 0. The number of nitriles is 1. The van der Waals surface area contributed by atoms with Crippen molar-refractivity contribution in [3.8, 4) is 11.8 Å². The van der Waals surface area contributed by atoms with Crippen molar-refractivity contribution in [1.29, 1.82) is 5.26 Å². The summed E-state index contributed by atoms with van der Waals surface area (Å²) in [6.45, 7) is 0.512. The minimum Gasteiger partial charge on any atom is -0.872 e. The molecule has 2 aromatic rings. The number of nitro benzene ring substituents is 1. The Morgan fingerprint density at radius 3 is 2.92 bits per heavy atom. The van der Waals surface area contributed by atoms with E-state index in [0.717, 1.165) is 25.0 Å². The van der Waals surface area contributed by atoms with Gasteiger partial charge >= 0.3 is 0 Å². The standard InChI is InChI=1S/C16H18N6O3/c17-9-13-14(20-21-16(13)18)4-2-1-3-7-19-10-11-8-12(22(24)25)5-6-15(11)23/h5-6,8,10,23H,1-4,7H2,(H3,18,20,21)/p-1. The summed E-state index contributed by atoms with van der Waals surface area (Å²) >= 11 is 0. The fraction of sp³-hybridized carbons (Fsp3) is 0.312. The third kappa shape index (κ3) is 4.78. The second-order valence-electron chi connectivity index (χ2n) is 5.40. The van der Waals surface area contributed by atoms with Gasteiger partial charge < -0.3 is 10.8 Å². The van der Waals surface area contributed by atoms with Crippen molar-refractivity contribution < 1.29 is 10.0 Å². The first kappa shape index (κ1) is 17.9. The van der Waals surface area contributed by atoms with E-state index < -0.39 is 4.92 Å². The lowest BCUT2D eigenvalue weighted by Crippen LogP contribution is -1.98. The number of nitrogens with one attached hydrogen (secondary N) is 1. The van der Waals surface area contributed by atoms with Crippen LogP contribution in [-0.2, 0) is 6.42 Å². The molecule has 25 heavy (non-hydrogen) atoms. The summed E-state index contributed by atoms with van der Waals surface area (Å²) in [6.07, 6.45) is 4.56. The van der Waals surface area contributed by atoms with Gasteiger partial charge in [-0.15, -0.1) is 0 Å². The van der Waals surface area contributed by atoms with E-state index in [4.69, 9.17) is 11.0 Å². The number of rotatable bonds is 8. The molecule has 0 radical (unpaired) electrons. The quantitative estimate of drug-likeness (QED) is 0.322. The highest BCUT2D eigenvalue weighted by molar-refractivity contribution is 5.84. The van der Waals surface area contributed by atoms with Gasteiger partial charge in [-0.2, -0.15) is 10.4 Å². The molecule has 1 heterocycles. The van der Waals surface area contributed by atoms with Gasteiger partial charge in [0.25, 0.3) is 5.69 Å². The SMILES string of the molecule is N#Cc1c(N)n[nH]c1CCCCCN=Cc1cc([N+](=O)[O-])ccc1[O-]. The number of benzene rings is 1. The number of nitrogens with zero attached hydrogens (tertiary/aromatic N) is 4. The van der Waals surface area contributed by atoms with Crippen molar-refractivity contribution in [2.75, 3.05) is 12.3 Å². The van der Waals surface area contributed by atoms with Gasteiger partial charge in [-0.1, -0.05) is 18.2 Å². The Kier molecular flexibility index (Phi) is 6.06. The van der Waals surface area contributed by atoms with Gasteiger partial charge in [-0.05, 0) is 24.8 Å². The van der Waals surface area contributed by atoms with Crippen molar-refractivity contribution in [2.45, 2.75) is 25.7 Å². The molecule has 0 aliphatic carbocycles. The van der Waals surface area contributed by atoms with Crippen LogP contribution in [-0.4, -0.2) is 27.9 Å². The van der Waals surface area contributed by atoms with Crippen LogP contribution in [0.3, 0.4) is 0 Å². The summed E-state index contributed by atoms with van der Waals surface area (Å²) in [5.74, 6) is -0.0808. The Balaban J connectivity index is 1.76. The van der Waals surface area contributed by atoms with Gasteiger partial charge in [0.2, 0.25) is 0 Å². The number of hydrogen-bond donors (Lipinski definition) is 2. The zero-order chi connectivity index (χ0) is 18.2. The number of aliphatic imine (C=N–C) groups is 1. The number of nitrogen functional groups attached to an aromatic ring is 1. The number of H-pyrrole nitrogens is 1. The molecule has 0 saturated heterocycles. The van der Waals surface area contributed by atoms with Crippen LogP contribution in [0.2, 0.25) is 0 Å². The number of non-ortho nitro benzene ring substituents is 1. The smallest absolute Gasteiger partial charge is 0.270 e. The molecule has 0 amide bonds. The first-order valence-electron chi connectivity index (χ1n) is 7.71. The topological polar surface area (TPSA) is 157 Å². The second kappa shape index (κ2) is 8.44. The normalized spacial score (nSPS) is 10.8. The summed E-state index contributed by atoms with van der Waals surface area (Å²) in [5.41, 5.74) is 6.77. The maximum atomic E-state index is 11.6. The van der Waals surface area contributed by atoms with E-state index in [1.807, 2.05) is 6.07 Å². The number of hydrogen-bond acceptors (Lipinski definition) is 7. The van der Waals surface area contributed by atoms with Gasteiger partial charge in [-0.25, -0.2) is 0 Å². The van der Waals surface area contributed by atoms with Crippen LogP contribution in [0.25, 0.3) is 0 Å². The van der Waals surface area contributed by atoms with Gasteiger partial charge in [0, 0.05) is 24.9 Å². The fourth-order valence-corrected chi connectivity index (χ4v) is 2.29. The molecule has 0 atom stereocenters. The zero-order valence-corrected chi connectivity index (χ0v) is 13.4. The number of anilines is 1. The van der Waals surface area contributed by atoms with E-state index in [9.17, 15) is 15.2 Å². The molecular weight excluding hydrogens is 324 g/mol. The Morgan fingerprint density at radius 2 is 2.20 bits per heavy atom. The van der Waals surface area contributed by atoms with Crippen molar-refractivity contribution in [2.24, 2.45) is 4.99 Å². The van der Waals surface area contributed by atoms with Gasteiger partial charge in [0.1, 0.15) is 11.6 Å². The van der Waals surface area contributed by atoms with Gasteiger partial charge in [-0.3, -0.25) is 20.2 Å². The average Bonchev–Trinajstić information content (AvgIpc) is 2.95. The number of unbranched alkanes of at least 4 members (excludes halogenated alkanes) is 2. The molecule has 0 saturated carbocycles. The van der Waals surface area contributed by atoms with E-state index in [1.54, 1.807) is 0 Å². The molecule has 0 fully saturated rings. The Bertz CT molecular complexity index is 822. The monoisotopic (exact) mass is 341 g/mol. The Hall–Kier alpha value is -3.41. The minimum atomic E-state index is -0.547. The van der Waals surface area contributed by atoms with Crippen LogP contribution in [0.1, 0.15) is 36.1 Å². The summed E-state index contributed by atoms with van der Waals surface area (Å²) in [6, 6.07) is 5.59. The number of aromatic amines is 1. The number of nitrogens with two attached hydrogens (primary N) is 1. The number of nitro groups is 1. The third-order valence-corrected chi connectivity index (χ3v) is 3.63. The third-order valence-electron chi connectivity index (χ3n) is 3.63. The van der Waals surface area contributed by atoms with Crippen molar-refractivity contribution in [3.05, 3.63) is 45.1 Å². The maximum Gasteiger partial charge on any atom is 0.270 e. The lowest BCUT2D eigenvalue weighted by molar-refractivity contribution is -0.385. The van der Waals surface area contributed by atoms with Crippen LogP contribution in [0.4, 0.5) is 11.5 Å². The highest BCUT2D eigenvalue weighted by Gasteiger charge is 2.09. The molecule has 0 aliphatic heterocycles. The van der Waals surface area contributed by atoms with Gasteiger partial charge in [0.05, 0.1) is 10.6 Å². The first-order valence-corrected chi connectivity index (χ1v) is 7.71. The Morgan fingerprint density at radius 1 is 1.40 bits per heavy atom. The molecule has 2 rings (SSSR count). The first-order chi connectivity index (χ1) is 12.0. The van der Waals surface area contributed by atoms with Gasteiger partial charge in [0.15, 0.2) is 5.82 Å². The second-order valence-corrected chi connectivity index (χ2v) is 5.40. The molecule has 3 N–H and O–H groups in total. The average molecular weight is 341 g/mol. The largest absolute Gasteiger partial charge is 0.872 e. The lowest BCUT2D eigenvalue weighted by atomic mass is 10.1. The fourth-order valence-electron chi connectivity index (χ4n) is 2.29. The molecule has 1 aromatic heterocycles. The van der Waals surface area contributed by atoms with Crippen LogP contribution >= 0.6 is 0 Å². The number of aromatic nitrogens is 2. The Labute approximate surface area is 144 Å². The number of aryl methyl sites for hydroxylation is 1. The molecule has 130 valence electrons. The maximum absolute atomic E-state index is 11.6. The summed E-state index contributed by atoms with van der Waals surface area (Å²) in [4.78, 5) is 14.3. The van der Waals surface area contributed by atoms with Crippen molar-refractivity contribution in [1.82, 2.24) is 10.2 Å². The van der Waals surface area contributed by atoms with E-state index in [0.29, 0.717) is 18.5 Å². The zero-order valence-electron chi connectivity index (χ0n) is 13.4. The molecule has 0 aliphatic rings. The molecule has 1 aromatic carbocycles.